The number of aryl methyl sites for hydroxylation is 1. The maximum atomic E-state index is 12.2. The third kappa shape index (κ3) is 3.74. The van der Waals surface area contributed by atoms with Crippen LogP contribution < -0.4 is 10.6 Å². The molecule has 0 bridgehead atoms. The van der Waals surface area contributed by atoms with E-state index in [0.717, 1.165) is 30.9 Å². The first kappa shape index (κ1) is 14.4. The molecule has 0 aromatic carbocycles. The smallest absolute Gasteiger partial charge is 0.257 e. The molecule has 2 N–H and O–H groups in total. The van der Waals surface area contributed by atoms with E-state index in [-0.39, 0.29) is 5.91 Å². The molecule has 2 rings (SSSR count). The van der Waals surface area contributed by atoms with Crippen LogP contribution in [0.4, 0.5) is 10.9 Å². The number of nitrogens with one attached hydrogen (secondary N) is 2. The second-order valence-electron chi connectivity index (χ2n) is 4.21. The van der Waals surface area contributed by atoms with Crippen molar-refractivity contribution in [2.75, 3.05) is 17.2 Å². The molecule has 0 fully saturated rings. The molecule has 0 atom stereocenters. The van der Waals surface area contributed by atoms with Gasteiger partial charge in [-0.15, -0.1) is 10.2 Å². The molecule has 7 heteroatoms. The van der Waals surface area contributed by atoms with Gasteiger partial charge in [-0.1, -0.05) is 25.2 Å². The maximum Gasteiger partial charge on any atom is 0.257 e. The summed E-state index contributed by atoms with van der Waals surface area (Å²) in [4.78, 5) is 16.6. The number of hydrogen-bond donors (Lipinski definition) is 2. The lowest BCUT2D eigenvalue weighted by Gasteiger charge is -2.09. The van der Waals surface area contributed by atoms with Crippen molar-refractivity contribution in [2.45, 2.75) is 26.7 Å². The zero-order valence-corrected chi connectivity index (χ0v) is 12.3. The molecule has 2 aromatic rings. The van der Waals surface area contributed by atoms with E-state index < -0.39 is 0 Å². The van der Waals surface area contributed by atoms with E-state index in [4.69, 9.17) is 0 Å². The van der Waals surface area contributed by atoms with Gasteiger partial charge in [0.05, 0.1) is 0 Å². The average Bonchev–Trinajstić information content (AvgIpc) is 2.97. The largest absolute Gasteiger partial charge is 0.370 e. The summed E-state index contributed by atoms with van der Waals surface area (Å²) in [5.74, 6) is 0.534. The van der Waals surface area contributed by atoms with Gasteiger partial charge in [0, 0.05) is 17.8 Å². The lowest BCUT2D eigenvalue weighted by molar-refractivity contribution is 0.102. The quantitative estimate of drug-likeness (QED) is 0.855. The van der Waals surface area contributed by atoms with Crippen LogP contribution in [0.5, 0.6) is 0 Å². The number of carbonyl (C=O) groups excluding carboxylic acids is 1. The third-order valence-electron chi connectivity index (χ3n) is 2.64. The lowest BCUT2D eigenvalue weighted by Crippen LogP contribution is -2.14. The van der Waals surface area contributed by atoms with Crippen molar-refractivity contribution >= 4 is 28.2 Å². The van der Waals surface area contributed by atoms with Gasteiger partial charge >= 0.3 is 0 Å². The number of pyridine rings is 1. The molecule has 20 heavy (non-hydrogen) atoms. The molecule has 0 radical (unpaired) electrons. The molecule has 0 spiro atoms. The zero-order valence-electron chi connectivity index (χ0n) is 11.5. The Balaban J connectivity index is 2.18. The SMILES string of the molecule is CCCNc1cc(C(=O)Nc2nncs2)cc(CC)n1. The highest BCUT2D eigenvalue weighted by Crippen LogP contribution is 2.15. The predicted molar refractivity (Wildman–Crippen MR) is 80.3 cm³/mol. The Morgan fingerprint density at radius 3 is 2.85 bits per heavy atom. The molecule has 0 aliphatic rings. The van der Waals surface area contributed by atoms with Gasteiger partial charge in [0.1, 0.15) is 11.3 Å². The van der Waals surface area contributed by atoms with E-state index in [0.29, 0.717) is 10.7 Å². The van der Waals surface area contributed by atoms with Gasteiger partial charge in [-0.2, -0.15) is 0 Å². The minimum absolute atomic E-state index is 0.196. The minimum Gasteiger partial charge on any atom is -0.370 e. The van der Waals surface area contributed by atoms with Crippen LogP contribution in [0, 0.1) is 0 Å². The summed E-state index contributed by atoms with van der Waals surface area (Å²) in [5, 5.41) is 13.9. The van der Waals surface area contributed by atoms with Crippen LogP contribution in [0.25, 0.3) is 0 Å². The van der Waals surface area contributed by atoms with Crippen molar-refractivity contribution in [3.05, 3.63) is 28.9 Å². The molecule has 0 saturated carbocycles. The molecule has 0 aliphatic heterocycles. The van der Waals surface area contributed by atoms with E-state index in [1.807, 2.05) is 6.92 Å². The Hall–Kier alpha value is -2.02. The molecule has 2 aromatic heterocycles. The zero-order chi connectivity index (χ0) is 14.4. The molecular formula is C13H17N5OS. The summed E-state index contributed by atoms with van der Waals surface area (Å²) in [7, 11) is 0. The van der Waals surface area contributed by atoms with Gasteiger partial charge in [-0.3, -0.25) is 10.1 Å². The summed E-state index contributed by atoms with van der Waals surface area (Å²) in [6, 6.07) is 3.55. The van der Waals surface area contributed by atoms with E-state index in [9.17, 15) is 4.79 Å². The minimum atomic E-state index is -0.196. The Kier molecular flexibility index (Phi) is 5.00. The average molecular weight is 291 g/mol. The first-order valence-corrected chi connectivity index (χ1v) is 7.43. The molecule has 1 amide bonds. The fraction of sp³-hybridized carbons (Fsp3) is 0.385. The van der Waals surface area contributed by atoms with Crippen LogP contribution in [0.1, 0.15) is 36.3 Å². The summed E-state index contributed by atoms with van der Waals surface area (Å²) < 4.78 is 0. The summed E-state index contributed by atoms with van der Waals surface area (Å²) >= 11 is 1.29. The van der Waals surface area contributed by atoms with Crippen molar-refractivity contribution in [2.24, 2.45) is 0 Å². The number of anilines is 2. The van der Waals surface area contributed by atoms with Crippen molar-refractivity contribution in [3.63, 3.8) is 0 Å². The topological polar surface area (TPSA) is 79.8 Å². The van der Waals surface area contributed by atoms with E-state index in [1.165, 1.54) is 11.3 Å². The van der Waals surface area contributed by atoms with Crippen LogP contribution in [0.3, 0.4) is 0 Å². The summed E-state index contributed by atoms with van der Waals surface area (Å²) in [6.07, 6.45) is 1.78. The van der Waals surface area contributed by atoms with Gasteiger partial charge < -0.3 is 5.32 Å². The highest BCUT2D eigenvalue weighted by molar-refractivity contribution is 7.13. The van der Waals surface area contributed by atoms with Crippen LogP contribution >= 0.6 is 11.3 Å². The highest BCUT2D eigenvalue weighted by atomic mass is 32.1. The molecule has 0 aliphatic carbocycles. The number of nitrogens with zero attached hydrogens (tertiary/aromatic N) is 3. The Morgan fingerprint density at radius 1 is 1.35 bits per heavy atom. The van der Waals surface area contributed by atoms with Crippen LogP contribution in [-0.4, -0.2) is 27.6 Å². The number of carbonyl (C=O) groups is 1. The third-order valence-corrected chi connectivity index (χ3v) is 3.25. The second kappa shape index (κ2) is 6.95. The predicted octanol–water partition coefficient (Wildman–Crippen LogP) is 2.57. The Labute approximate surface area is 121 Å². The van der Waals surface area contributed by atoms with Crippen LogP contribution in [0.15, 0.2) is 17.6 Å². The fourth-order valence-electron chi connectivity index (χ4n) is 1.64. The Morgan fingerprint density at radius 2 is 2.20 bits per heavy atom. The number of aromatic nitrogens is 3. The molecule has 6 nitrogen and oxygen atoms in total. The molecule has 106 valence electrons. The number of rotatable bonds is 6. The van der Waals surface area contributed by atoms with Gasteiger partial charge in [-0.05, 0) is 25.0 Å². The molecule has 2 heterocycles. The number of hydrogen-bond acceptors (Lipinski definition) is 6. The normalized spacial score (nSPS) is 10.3. The van der Waals surface area contributed by atoms with E-state index in [2.05, 4.69) is 32.7 Å². The first-order chi connectivity index (χ1) is 9.72. The van der Waals surface area contributed by atoms with Crippen molar-refractivity contribution in [1.82, 2.24) is 15.2 Å². The molecule has 0 saturated heterocycles. The maximum absolute atomic E-state index is 12.2. The van der Waals surface area contributed by atoms with Gasteiger partial charge in [0.2, 0.25) is 5.13 Å². The van der Waals surface area contributed by atoms with Gasteiger partial charge in [-0.25, -0.2) is 4.98 Å². The first-order valence-electron chi connectivity index (χ1n) is 6.55. The van der Waals surface area contributed by atoms with Crippen LogP contribution in [-0.2, 0) is 6.42 Å². The van der Waals surface area contributed by atoms with Crippen molar-refractivity contribution < 1.29 is 4.79 Å². The summed E-state index contributed by atoms with van der Waals surface area (Å²) in [6.45, 7) is 4.93. The van der Waals surface area contributed by atoms with Crippen molar-refractivity contribution in [1.29, 1.82) is 0 Å². The fourth-order valence-corrected chi connectivity index (χ4v) is 2.08. The van der Waals surface area contributed by atoms with Gasteiger partial charge in [0.25, 0.3) is 5.91 Å². The lowest BCUT2D eigenvalue weighted by atomic mass is 10.2. The molecule has 0 unspecified atom stereocenters. The van der Waals surface area contributed by atoms with E-state index >= 15 is 0 Å². The monoisotopic (exact) mass is 291 g/mol. The summed E-state index contributed by atoms with van der Waals surface area (Å²) in [5.41, 5.74) is 3.03. The number of amides is 1. The van der Waals surface area contributed by atoms with E-state index in [1.54, 1.807) is 17.6 Å². The Bertz CT molecular complexity index is 570. The van der Waals surface area contributed by atoms with Crippen LogP contribution in [0.2, 0.25) is 0 Å². The second-order valence-corrected chi connectivity index (χ2v) is 5.04. The van der Waals surface area contributed by atoms with Gasteiger partial charge in [0.15, 0.2) is 0 Å². The molecular weight excluding hydrogens is 274 g/mol. The standard InChI is InChI=1S/C13H17N5OS/c1-3-5-14-11-7-9(6-10(4-2)16-11)12(19)17-13-18-15-8-20-13/h6-8H,3-5H2,1-2H3,(H,14,16)(H,17,18,19). The highest BCUT2D eigenvalue weighted by Gasteiger charge is 2.11. The van der Waals surface area contributed by atoms with Crippen molar-refractivity contribution in [3.8, 4) is 0 Å².